The second kappa shape index (κ2) is 11.0. The molecule has 2 aromatic rings. The SMILES string of the molecule is COc1ccc(/C=C/C(=O)NCCOc2ccc(S(=O)(=O)N3CCCCC3)cc2)cc1. The second-order valence-electron chi connectivity index (χ2n) is 7.18. The van der Waals surface area contributed by atoms with Gasteiger partial charge in [0.2, 0.25) is 15.9 Å². The minimum atomic E-state index is -3.44. The standard InChI is InChI=1S/C23H28N2O5S/c1-29-20-8-5-19(6-9-20)7-14-23(26)24-15-18-30-21-10-12-22(13-11-21)31(27,28)25-16-3-2-4-17-25/h5-14H,2-4,15-18H2,1H3,(H,24,26)/b14-7+. The Balaban J connectivity index is 1.42. The number of hydrogen-bond donors (Lipinski definition) is 1. The smallest absolute Gasteiger partial charge is 0.244 e. The molecule has 8 heteroatoms. The Labute approximate surface area is 183 Å². The number of benzene rings is 2. The molecular weight excluding hydrogens is 416 g/mol. The molecule has 0 atom stereocenters. The van der Waals surface area contributed by atoms with Crippen LogP contribution in [0.1, 0.15) is 24.8 Å². The fourth-order valence-electron chi connectivity index (χ4n) is 3.25. The molecule has 1 aliphatic rings. The van der Waals surface area contributed by atoms with Gasteiger partial charge in [0.15, 0.2) is 0 Å². The van der Waals surface area contributed by atoms with E-state index in [-0.39, 0.29) is 17.4 Å². The molecule has 166 valence electrons. The van der Waals surface area contributed by atoms with Crippen LogP contribution >= 0.6 is 0 Å². The Hall–Kier alpha value is -2.84. The van der Waals surface area contributed by atoms with E-state index in [1.54, 1.807) is 41.8 Å². The maximum Gasteiger partial charge on any atom is 0.244 e. The van der Waals surface area contributed by atoms with Gasteiger partial charge in [0.25, 0.3) is 0 Å². The molecule has 1 amide bonds. The fraction of sp³-hybridized carbons (Fsp3) is 0.348. The molecule has 0 unspecified atom stereocenters. The summed E-state index contributed by atoms with van der Waals surface area (Å²) in [7, 11) is -1.84. The van der Waals surface area contributed by atoms with Crippen molar-refractivity contribution in [3.05, 3.63) is 60.2 Å². The highest BCUT2D eigenvalue weighted by Gasteiger charge is 2.25. The molecule has 3 rings (SSSR count). The molecule has 7 nitrogen and oxygen atoms in total. The van der Waals surface area contributed by atoms with Gasteiger partial charge in [-0.15, -0.1) is 0 Å². The first-order chi connectivity index (χ1) is 15.0. The molecule has 1 heterocycles. The summed E-state index contributed by atoms with van der Waals surface area (Å²) in [4.78, 5) is 12.2. The molecule has 1 saturated heterocycles. The molecule has 1 fully saturated rings. The first-order valence-electron chi connectivity index (χ1n) is 10.3. The molecule has 0 spiro atoms. The van der Waals surface area contributed by atoms with Crippen molar-refractivity contribution in [2.45, 2.75) is 24.2 Å². The third-order valence-electron chi connectivity index (χ3n) is 4.99. The summed E-state index contributed by atoms with van der Waals surface area (Å²) in [6.45, 7) is 1.76. The third-order valence-corrected chi connectivity index (χ3v) is 6.90. The quantitative estimate of drug-likeness (QED) is 0.475. The van der Waals surface area contributed by atoms with Crippen LogP contribution < -0.4 is 14.8 Å². The van der Waals surface area contributed by atoms with Gasteiger partial charge in [0.1, 0.15) is 18.1 Å². The highest BCUT2D eigenvalue weighted by molar-refractivity contribution is 7.89. The Kier molecular flexibility index (Phi) is 8.08. The molecule has 31 heavy (non-hydrogen) atoms. The van der Waals surface area contributed by atoms with Crippen LogP contribution in [-0.4, -0.2) is 52.0 Å². The summed E-state index contributed by atoms with van der Waals surface area (Å²) in [5.74, 6) is 1.10. The lowest BCUT2D eigenvalue weighted by Crippen LogP contribution is -2.35. The molecule has 0 aromatic heterocycles. The third kappa shape index (κ3) is 6.57. The maximum absolute atomic E-state index is 12.7. The van der Waals surface area contributed by atoms with Crippen LogP contribution in [0.2, 0.25) is 0 Å². The number of nitrogens with zero attached hydrogens (tertiary/aromatic N) is 1. The summed E-state index contributed by atoms with van der Waals surface area (Å²) in [6, 6.07) is 13.8. The predicted molar refractivity (Wildman–Crippen MR) is 120 cm³/mol. The van der Waals surface area contributed by atoms with Crippen LogP contribution in [0.25, 0.3) is 6.08 Å². The maximum atomic E-state index is 12.7. The minimum absolute atomic E-state index is 0.220. The van der Waals surface area contributed by atoms with Crippen LogP contribution in [0.4, 0.5) is 0 Å². The number of sulfonamides is 1. The first kappa shape index (κ1) is 22.8. The van der Waals surface area contributed by atoms with Crippen LogP contribution in [0, 0.1) is 0 Å². The topological polar surface area (TPSA) is 84.9 Å². The number of hydrogen-bond acceptors (Lipinski definition) is 5. The van der Waals surface area contributed by atoms with Gasteiger partial charge >= 0.3 is 0 Å². The van der Waals surface area contributed by atoms with E-state index in [0.29, 0.717) is 25.4 Å². The van der Waals surface area contributed by atoms with E-state index in [2.05, 4.69) is 5.32 Å². The summed E-state index contributed by atoms with van der Waals surface area (Å²) in [6.07, 6.45) is 6.06. The van der Waals surface area contributed by atoms with Crippen molar-refractivity contribution >= 4 is 22.0 Å². The number of methoxy groups -OCH3 is 1. The van der Waals surface area contributed by atoms with Crippen molar-refractivity contribution in [3.8, 4) is 11.5 Å². The van der Waals surface area contributed by atoms with E-state index in [4.69, 9.17) is 9.47 Å². The first-order valence-corrected chi connectivity index (χ1v) is 11.8. The van der Waals surface area contributed by atoms with E-state index < -0.39 is 10.0 Å². The van der Waals surface area contributed by atoms with Gasteiger partial charge in [0.05, 0.1) is 18.6 Å². The van der Waals surface area contributed by atoms with Gasteiger partial charge < -0.3 is 14.8 Å². The minimum Gasteiger partial charge on any atom is -0.497 e. The van der Waals surface area contributed by atoms with Gasteiger partial charge in [-0.1, -0.05) is 18.6 Å². The number of ether oxygens (including phenoxy) is 2. The van der Waals surface area contributed by atoms with Crippen LogP contribution in [0.5, 0.6) is 11.5 Å². The van der Waals surface area contributed by atoms with Gasteiger partial charge in [-0.3, -0.25) is 4.79 Å². The molecule has 0 bridgehead atoms. The van der Waals surface area contributed by atoms with Crippen molar-refractivity contribution in [1.82, 2.24) is 9.62 Å². The van der Waals surface area contributed by atoms with Crippen LogP contribution in [0.3, 0.4) is 0 Å². The Morgan fingerprint density at radius 2 is 1.65 bits per heavy atom. The monoisotopic (exact) mass is 444 g/mol. The predicted octanol–water partition coefficient (Wildman–Crippen LogP) is 3.08. The number of carbonyl (C=O) groups is 1. The molecule has 0 aliphatic carbocycles. The molecule has 2 aromatic carbocycles. The molecule has 0 saturated carbocycles. The van der Waals surface area contributed by atoms with Crippen molar-refractivity contribution in [2.24, 2.45) is 0 Å². The lowest BCUT2D eigenvalue weighted by atomic mass is 10.2. The molecule has 0 radical (unpaired) electrons. The average Bonchev–Trinajstić information content (AvgIpc) is 2.81. The zero-order valence-corrected chi connectivity index (χ0v) is 18.4. The number of rotatable bonds is 9. The van der Waals surface area contributed by atoms with Crippen LogP contribution in [0.15, 0.2) is 59.5 Å². The second-order valence-corrected chi connectivity index (χ2v) is 9.12. The van der Waals surface area contributed by atoms with Crippen molar-refractivity contribution < 1.29 is 22.7 Å². The van der Waals surface area contributed by atoms with Crippen molar-refractivity contribution in [2.75, 3.05) is 33.4 Å². The number of carbonyl (C=O) groups excluding carboxylic acids is 1. The lowest BCUT2D eigenvalue weighted by molar-refractivity contribution is -0.116. The van der Waals surface area contributed by atoms with Crippen molar-refractivity contribution in [1.29, 1.82) is 0 Å². The molecule has 1 N–H and O–H groups in total. The van der Waals surface area contributed by atoms with Crippen LogP contribution in [-0.2, 0) is 14.8 Å². The van der Waals surface area contributed by atoms with E-state index >= 15 is 0 Å². The number of amides is 1. The van der Waals surface area contributed by atoms with E-state index in [1.165, 1.54) is 6.08 Å². The van der Waals surface area contributed by atoms with E-state index in [9.17, 15) is 13.2 Å². The van der Waals surface area contributed by atoms with Gasteiger partial charge in [-0.25, -0.2) is 8.42 Å². The molecular formula is C23H28N2O5S. The number of piperidine rings is 1. The zero-order valence-electron chi connectivity index (χ0n) is 17.6. The largest absolute Gasteiger partial charge is 0.497 e. The van der Waals surface area contributed by atoms with Crippen molar-refractivity contribution in [3.63, 3.8) is 0 Å². The Morgan fingerprint density at radius 1 is 1.00 bits per heavy atom. The summed E-state index contributed by atoms with van der Waals surface area (Å²) >= 11 is 0. The molecule has 1 aliphatic heterocycles. The lowest BCUT2D eigenvalue weighted by Gasteiger charge is -2.25. The van der Waals surface area contributed by atoms with Gasteiger partial charge in [0, 0.05) is 19.2 Å². The zero-order chi connectivity index (χ0) is 22.1. The number of nitrogens with one attached hydrogen (secondary N) is 1. The van der Waals surface area contributed by atoms with Gasteiger partial charge in [-0.2, -0.15) is 4.31 Å². The highest BCUT2D eigenvalue weighted by Crippen LogP contribution is 2.22. The fourth-order valence-corrected chi connectivity index (χ4v) is 4.77. The van der Waals surface area contributed by atoms with Gasteiger partial charge in [-0.05, 0) is 60.9 Å². The summed E-state index contributed by atoms with van der Waals surface area (Å²) < 4.78 is 37.5. The summed E-state index contributed by atoms with van der Waals surface area (Å²) in [5, 5.41) is 2.75. The Bertz CT molecular complexity index is 980. The van der Waals surface area contributed by atoms with E-state index in [0.717, 1.165) is 30.6 Å². The summed E-state index contributed by atoms with van der Waals surface area (Å²) in [5.41, 5.74) is 0.895. The van der Waals surface area contributed by atoms with E-state index in [1.807, 2.05) is 24.3 Å². The Morgan fingerprint density at radius 3 is 2.29 bits per heavy atom. The average molecular weight is 445 g/mol. The normalized spacial score (nSPS) is 15.0. The highest BCUT2D eigenvalue weighted by atomic mass is 32.2.